The summed E-state index contributed by atoms with van der Waals surface area (Å²) in [7, 11) is -3.95. The number of para-hydroxylation sites is 1. The number of nitrogens with one attached hydrogen (secondary N) is 2. The summed E-state index contributed by atoms with van der Waals surface area (Å²) in [6.07, 6.45) is 0. The fourth-order valence-corrected chi connectivity index (χ4v) is 5.62. The van der Waals surface area contributed by atoms with Crippen molar-refractivity contribution in [2.45, 2.75) is 24.5 Å². The number of anilines is 1. The van der Waals surface area contributed by atoms with E-state index in [1.807, 2.05) is 18.2 Å². The summed E-state index contributed by atoms with van der Waals surface area (Å²) in [4.78, 5) is 12.4. The lowest BCUT2D eigenvalue weighted by atomic mass is 10.1. The Hall–Kier alpha value is -2.48. The number of amides is 1. The van der Waals surface area contributed by atoms with Crippen LogP contribution in [0.25, 0.3) is 0 Å². The predicted octanol–water partition coefficient (Wildman–Crippen LogP) is 5.42. The number of hydrogen-bond donors (Lipinski definition) is 2. The molecular weight excluding hydrogens is 464 g/mol. The van der Waals surface area contributed by atoms with Crippen molar-refractivity contribution in [3.8, 4) is 0 Å². The lowest BCUT2D eigenvalue weighted by Crippen LogP contribution is -2.26. The molecule has 32 heavy (non-hydrogen) atoms. The molecule has 0 fully saturated rings. The van der Waals surface area contributed by atoms with Gasteiger partial charge in [-0.1, -0.05) is 54.1 Å². The minimum atomic E-state index is -3.95. The predicted molar refractivity (Wildman–Crippen MR) is 133 cm³/mol. The quantitative estimate of drug-likeness (QED) is 0.394. The Morgan fingerprint density at radius 3 is 2.38 bits per heavy atom. The smallest absolute Gasteiger partial charge is 0.263 e. The Balaban J connectivity index is 1.61. The minimum Gasteiger partial charge on any atom is -0.351 e. The number of thioether (sulfide) groups is 1. The van der Waals surface area contributed by atoms with E-state index in [1.54, 1.807) is 36.9 Å². The van der Waals surface area contributed by atoms with Gasteiger partial charge >= 0.3 is 0 Å². The first-order chi connectivity index (χ1) is 15.3. The van der Waals surface area contributed by atoms with Gasteiger partial charge < -0.3 is 5.32 Å². The second kappa shape index (κ2) is 10.9. The van der Waals surface area contributed by atoms with Gasteiger partial charge in [0.2, 0.25) is 0 Å². The van der Waals surface area contributed by atoms with Gasteiger partial charge in [0.15, 0.2) is 0 Å². The summed E-state index contributed by atoms with van der Waals surface area (Å²) in [6, 6.07) is 19.5. The van der Waals surface area contributed by atoms with Crippen LogP contribution in [0.3, 0.4) is 0 Å². The third-order valence-electron chi connectivity index (χ3n) is 4.92. The van der Waals surface area contributed by atoms with Crippen LogP contribution >= 0.6 is 23.4 Å². The monoisotopic (exact) mass is 488 g/mol. The Kier molecular flexibility index (Phi) is 8.23. The molecule has 0 saturated heterocycles. The van der Waals surface area contributed by atoms with Crippen LogP contribution in [0, 0.1) is 13.8 Å². The molecule has 0 aromatic heterocycles. The average Bonchev–Trinajstić information content (AvgIpc) is 2.76. The normalized spacial score (nSPS) is 11.2. The second-order valence-electron chi connectivity index (χ2n) is 7.30. The molecule has 0 unspecified atom stereocenters. The van der Waals surface area contributed by atoms with E-state index in [4.69, 9.17) is 11.6 Å². The first kappa shape index (κ1) is 24.2. The summed E-state index contributed by atoms with van der Waals surface area (Å²) < 4.78 is 28.3. The highest BCUT2D eigenvalue weighted by atomic mass is 35.5. The zero-order valence-electron chi connectivity index (χ0n) is 17.9. The molecule has 0 aliphatic rings. The molecule has 0 aliphatic carbocycles. The molecule has 0 bridgehead atoms. The van der Waals surface area contributed by atoms with Crippen molar-refractivity contribution in [1.82, 2.24) is 5.32 Å². The van der Waals surface area contributed by atoms with Crippen LogP contribution in [0.1, 0.15) is 27.0 Å². The Bertz CT molecular complexity index is 1210. The maximum absolute atomic E-state index is 12.9. The van der Waals surface area contributed by atoms with Gasteiger partial charge in [-0.15, -0.1) is 0 Å². The Morgan fingerprint density at radius 1 is 0.969 bits per heavy atom. The van der Waals surface area contributed by atoms with Gasteiger partial charge in [-0.3, -0.25) is 9.52 Å². The molecule has 3 aromatic rings. The highest BCUT2D eigenvalue weighted by Gasteiger charge is 2.21. The summed E-state index contributed by atoms with van der Waals surface area (Å²) in [6.45, 7) is 4.36. The number of hydrogen-bond acceptors (Lipinski definition) is 4. The topological polar surface area (TPSA) is 75.3 Å². The van der Waals surface area contributed by atoms with Crippen molar-refractivity contribution >= 4 is 45.0 Å². The lowest BCUT2D eigenvalue weighted by Gasteiger charge is -2.13. The molecule has 0 spiro atoms. The minimum absolute atomic E-state index is 0.0522. The number of carbonyl (C=O) groups is 1. The van der Waals surface area contributed by atoms with Crippen LogP contribution < -0.4 is 10.0 Å². The van der Waals surface area contributed by atoms with E-state index in [2.05, 4.69) is 29.1 Å². The molecule has 2 N–H and O–H groups in total. The maximum atomic E-state index is 12.9. The fraction of sp³-hybridized carbons (Fsp3) is 0.208. The van der Waals surface area contributed by atoms with Crippen molar-refractivity contribution in [2.24, 2.45) is 0 Å². The van der Waals surface area contributed by atoms with Gasteiger partial charge in [-0.25, -0.2) is 8.42 Å². The van der Waals surface area contributed by atoms with Crippen molar-refractivity contribution in [3.63, 3.8) is 0 Å². The van der Waals surface area contributed by atoms with Crippen LogP contribution in [0.4, 0.5) is 5.69 Å². The van der Waals surface area contributed by atoms with E-state index in [0.717, 1.165) is 17.1 Å². The number of benzene rings is 3. The number of carbonyl (C=O) groups excluding carboxylic acids is 1. The summed E-state index contributed by atoms with van der Waals surface area (Å²) in [5.74, 6) is 1.27. The molecule has 5 nitrogen and oxygen atoms in total. The molecule has 3 rings (SSSR count). The van der Waals surface area contributed by atoms with E-state index in [1.165, 1.54) is 29.3 Å². The van der Waals surface area contributed by atoms with Gasteiger partial charge in [0.25, 0.3) is 15.9 Å². The van der Waals surface area contributed by atoms with Crippen LogP contribution in [-0.4, -0.2) is 26.6 Å². The van der Waals surface area contributed by atoms with Crippen molar-refractivity contribution in [1.29, 1.82) is 0 Å². The van der Waals surface area contributed by atoms with Gasteiger partial charge in [-0.2, -0.15) is 11.8 Å². The largest absolute Gasteiger partial charge is 0.351 e. The van der Waals surface area contributed by atoms with Crippen molar-refractivity contribution < 1.29 is 13.2 Å². The Labute approximate surface area is 198 Å². The first-order valence-corrected chi connectivity index (χ1v) is 13.1. The first-order valence-electron chi connectivity index (χ1n) is 10.1. The summed E-state index contributed by atoms with van der Waals surface area (Å²) >= 11 is 7.88. The second-order valence-corrected chi connectivity index (χ2v) is 10.5. The van der Waals surface area contributed by atoms with Crippen LogP contribution in [0.5, 0.6) is 0 Å². The van der Waals surface area contributed by atoms with Crippen molar-refractivity contribution in [2.75, 3.05) is 17.0 Å². The summed E-state index contributed by atoms with van der Waals surface area (Å²) in [5.41, 5.74) is 4.01. The molecule has 8 heteroatoms. The molecule has 0 saturated carbocycles. The fourth-order valence-electron chi connectivity index (χ4n) is 3.03. The van der Waals surface area contributed by atoms with E-state index in [9.17, 15) is 13.2 Å². The molecule has 0 aliphatic heterocycles. The SMILES string of the molecule is Cc1ccccc1CSCCNC(=O)c1ccc(Cl)c(S(=O)(=O)Nc2ccccc2C)c1. The van der Waals surface area contributed by atoms with Gasteiger partial charge in [0.1, 0.15) is 4.90 Å². The molecule has 1 amide bonds. The van der Waals surface area contributed by atoms with Gasteiger partial charge in [-0.05, 0) is 54.8 Å². The standard InChI is InChI=1S/C24H25ClN2O3S2/c1-17-7-3-5-9-20(17)16-31-14-13-26-24(28)19-11-12-21(25)23(15-19)32(29,30)27-22-10-6-4-8-18(22)2/h3-12,15,27H,13-14,16H2,1-2H3,(H,26,28). The molecule has 0 radical (unpaired) electrons. The Morgan fingerprint density at radius 2 is 1.66 bits per heavy atom. The molecule has 0 heterocycles. The van der Waals surface area contributed by atoms with Gasteiger partial charge in [0.05, 0.1) is 10.7 Å². The van der Waals surface area contributed by atoms with Crippen LogP contribution in [0.15, 0.2) is 71.6 Å². The van der Waals surface area contributed by atoms with Crippen molar-refractivity contribution in [3.05, 3.63) is 94.0 Å². The van der Waals surface area contributed by atoms with Crippen LogP contribution in [0.2, 0.25) is 5.02 Å². The zero-order valence-corrected chi connectivity index (χ0v) is 20.3. The number of sulfonamides is 1. The van der Waals surface area contributed by atoms with E-state index in [-0.39, 0.29) is 21.4 Å². The molecular formula is C24H25ClN2O3S2. The number of rotatable bonds is 9. The highest BCUT2D eigenvalue weighted by Crippen LogP contribution is 2.26. The summed E-state index contributed by atoms with van der Waals surface area (Å²) in [5, 5.41) is 2.89. The highest BCUT2D eigenvalue weighted by molar-refractivity contribution is 7.98. The lowest BCUT2D eigenvalue weighted by molar-refractivity contribution is 0.0956. The molecule has 3 aromatic carbocycles. The third kappa shape index (κ3) is 6.28. The third-order valence-corrected chi connectivity index (χ3v) is 7.78. The number of aryl methyl sites for hydroxylation is 2. The molecule has 0 atom stereocenters. The van der Waals surface area contributed by atoms with E-state index < -0.39 is 10.0 Å². The zero-order chi connectivity index (χ0) is 23.1. The maximum Gasteiger partial charge on any atom is 0.263 e. The van der Waals surface area contributed by atoms with Crippen LogP contribution in [-0.2, 0) is 15.8 Å². The molecule has 168 valence electrons. The van der Waals surface area contributed by atoms with Gasteiger partial charge in [0, 0.05) is 23.6 Å². The number of halogens is 1. The van der Waals surface area contributed by atoms with E-state index >= 15 is 0 Å². The average molecular weight is 489 g/mol. The van der Waals surface area contributed by atoms with E-state index in [0.29, 0.717) is 12.2 Å².